The van der Waals surface area contributed by atoms with E-state index >= 15 is 0 Å². The number of carbonyl (C=O) groups excluding carboxylic acids is 1. The number of benzene rings is 1. The second-order valence-corrected chi connectivity index (χ2v) is 6.18. The highest BCUT2D eigenvalue weighted by Crippen LogP contribution is 2.23. The molecule has 0 unspecified atom stereocenters. The first-order valence-corrected chi connectivity index (χ1v) is 8.37. The summed E-state index contributed by atoms with van der Waals surface area (Å²) in [6.45, 7) is 5.56. The second-order valence-electron chi connectivity index (χ2n) is 6.18. The summed E-state index contributed by atoms with van der Waals surface area (Å²) >= 11 is 0. The number of nitrogen functional groups attached to an aromatic ring is 1. The van der Waals surface area contributed by atoms with E-state index in [-0.39, 0.29) is 51.5 Å². The average molecular weight is 368 g/mol. The number of rotatable bonds is 2. The average Bonchev–Trinajstić information content (AvgIpc) is 2.60. The van der Waals surface area contributed by atoms with Crippen molar-refractivity contribution in [2.45, 2.75) is 20.8 Å². The Morgan fingerprint density at radius 2 is 2.07 bits per heavy atom. The van der Waals surface area contributed by atoms with Gasteiger partial charge in [0.25, 0.3) is 0 Å². The van der Waals surface area contributed by atoms with Crippen LogP contribution in [0.1, 0.15) is 36.7 Å². The molecule has 0 saturated carbocycles. The smallest absolute Gasteiger partial charge is 0.341 e. The van der Waals surface area contributed by atoms with Gasteiger partial charge in [-0.2, -0.15) is 4.98 Å². The molecule has 0 aliphatic carbocycles. The van der Waals surface area contributed by atoms with E-state index in [1.807, 2.05) is 13.8 Å². The van der Waals surface area contributed by atoms with Gasteiger partial charge in [-0.15, -0.1) is 0 Å². The van der Waals surface area contributed by atoms with Gasteiger partial charge in [0.15, 0.2) is 0 Å². The summed E-state index contributed by atoms with van der Waals surface area (Å²) in [5.41, 5.74) is 5.31. The number of esters is 1. The molecular weight excluding hydrogens is 351 g/mol. The Morgan fingerprint density at radius 3 is 2.74 bits per heavy atom. The SMILES string of the molecule is CCOC(=O)c1cc2c(=O)c3cc(C#CC(C)C)c(F)cc3oc2nc1N. The van der Waals surface area contributed by atoms with E-state index in [1.165, 1.54) is 12.1 Å². The molecule has 0 saturated heterocycles. The van der Waals surface area contributed by atoms with Gasteiger partial charge >= 0.3 is 5.97 Å². The van der Waals surface area contributed by atoms with Crippen LogP contribution >= 0.6 is 0 Å². The molecule has 3 aromatic rings. The van der Waals surface area contributed by atoms with E-state index in [0.717, 1.165) is 6.07 Å². The fraction of sp³-hybridized carbons (Fsp3) is 0.250. The number of ether oxygens (including phenoxy) is 1. The normalized spacial score (nSPS) is 10.9. The van der Waals surface area contributed by atoms with Crippen molar-refractivity contribution < 1.29 is 18.3 Å². The predicted molar refractivity (Wildman–Crippen MR) is 99.8 cm³/mol. The van der Waals surface area contributed by atoms with Crippen LogP contribution in [0.15, 0.2) is 27.4 Å². The summed E-state index contributed by atoms with van der Waals surface area (Å²) in [6, 6.07) is 3.72. The molecule has 3 rings (SSSR count). The first-order chi connectivity index (χ1) is 12.8. The Kier molecular flexibility index (Phi) is 4.82. The van der Waals surface area contributed by atoms with Crippen LogP contribution in [0.5, 0.6) is 0 Å². The molecule has 0 aliphatic rings. The van der Waals surface area contributed by atoms with Gasteiger partial charge < -0.3 is 14.9 Å². The van der Waals surface area contributed by atoms with Crippen LogP contribution in [0.25, 0.3) is 22.1 Å². The number of nitrogens with zero attached hydrogens (tertiary/aromatic N) is 1. The third-order valence-corrected chi connectivity index (χ3v) is 3.77. The number of pyridine rings is 1. The zero-order valence-electron chi connectivity index (χ0n) is 15.1. The Morgan fingerprint density at radius 1 is 1.33 bits per heavy atom. The van der Waals surface area contributed by atoms with Crippen molar-refractivity contribution in [2.24, 2.45) is 5.92 Å². The molecule has 138 valence electrons. The first-order valence-electron chi connectivity index (χ1n) is 8.37. The molecule has 1 aromatic carbocycles. The molecule has 0 amide bonds. The number of carbonyl (C=O) groups is 1. The van der Waals surface area contributed by atoms with Crippen molar-refractivity contribution in [3.8, 4) is 11.8 Å². The highest BCUT2D eigenvalue weighted by atomic mass is 19.1. The molecule has 2 N–H and O–H groups in total. The van der Waals surface area contributed by atoms with Gasteiger partial charge in [0.1, 0.15) is 22.8 Å². The predicted octanol–water partition coefficient (Wildman–Crippen LogP) is 3.25. The largest absolute Gasteiger partial charge is 0.462 e. The van der Waals surface area contributed by atoms with Crippen molar-refractivity contribution in [1.82, 2.24) is 4.98 Å². The Balaban J connectivity index is 2.29. The van der Waals surface area contributed by atoms with Crippen LogP contribution in [0, 0.1) is 23.6 Å². The van der Waals surface area contributed by atoms with Crippen molar-refractivity contribution in [3.05, 3.63) is 45.4 Å². The van der Waals surface area contributed by atoms with Crippen molar-refractivity contribution in [2.75, 3.05) is 12.3 Å². The lowest BCUT2D eigenvalue weighted by molar-refractivity contribution is 0.0527. The summed E-state index contributed by atoms with van der Waals surface area (Å²) in [5.74, 6) is 4.20. The van der Waals surface area contributed by atoms with E-state index in [2.05, 4.69) is 16.8 Å². The zero-order chi connectivity index (χ0) is 19.7. The van der Waals surface area contributed by atoms with Gasteiger partial charge in [0, 0.05) is 12.0 Å². The van der Waals surface area contributed by atoms with Gasteiger partial charge in [-0.05, 0) is 19.1 Å². The molecule has 0 spiro atoms. The van der Waals surface area contributed by atoms with Crippen molar-refractivity contribution in [1.29, 1.82) is 0 Å². The number of hydrogen-bond acceptors (Lipinski definition) is 6. The molecular formula is C20H17FN2O4. The van der Waals surface area contributed by atoms with Gasteiger partial charge in [-0.1, -0.05) is 25.7 Å². The number of halogens is 1. The lowest BCUT2D eigenvalue weighted by Crippen LogP contribution is -2.12. The van der Waals surface area contributed by atoms with E-state index in [1.54, 1.807) is 6.92 Å². The molecule has 0 atom stereocenters. The molecule has 0 radical (unpaired) electrons. The van der Waals surface area contributed by atoms with Gasteiger partial charge in [0.2, 0.25) is 11.1 Å². The molecule has 6 nitrogen and oxygen atoms in total. The van der Waals surface area contributed by atoms with E-state index in [9.17, 15) is 14.0 Å². The van der Waals surface area contributed by atoms with Crippen LogP contribution < -0.4 is 11.2 Å². The minimum absolute atomic E-state index is 0.0240. The lowest BCUT2D eigenvalue weighted by atomic mass is 10.1. The molecule has 27 heavy (non-hydrogen) atoms. The standard InChI is InChI=1S/C20H17FN2O4/c1-4-26-20(25)14-8-13-17(24)12-7-11(6-5-10(2)3)15(21)9-16(12)27-19(13)23-18(14)22/h7-10H,4H2,1-3H3,(H2,22,23). The van der Waals surface area contributed by atoms with E-state index < -0.39 is 17.2 Å². The fourth-order valence-electron chi connectivity index (χ4n) is 2.51. The van der Waals surface area contributed by atoms with Crippen LogP contribution in [0.2, 0.25) is 0 Å². The number of hydrogen-bond donors (Lipinski definition) is 1. The lowest BCUT2D eigenvalue weighted by Gasteiger charge is -2.07. The first kappa shape index (κ1) is 18.4. The van der Waals surface area contributed by atoms with Crippen molar-refractivity contribution >= 4 is 33.9 Å². The fourth-order valence-corrected chi connectivity index (χ4v) is 2.51. The molecule has 2 heterocycles. The third kappa shape index (κ3) is 3.47. The highest BCUT2D eigenvalue weighted by molar-refractivity contribution is 5.99. The monoisotopic (exact) mass is 368 g/mol. The van der Waals surface area contributed by atoms with E-state index in [0.29, 0.717) is 0 Å². The number of fused-ring (bicyclic) bond motifs is 2. The molecule has 7 heteroatoms. The highest BCUT2D eigenvalue weighted by Gasteiger charge is 2.18. The summed E-state index contributed by atoms with van der Waals surface area (Å²) in [4.78, 5) is 28.8. The number of anilines is 1. The topological polar surface area (TPSA) is 95.4 Å². The summed E-state index contributed by atoms with van der Waals surface area (Å²) < 4.78 is 24.7. The van der Waals surface area contributed by atoms with Gasteiger partial charge in [-0.3, -0.25) is 4.79 Å². The van der Waals surface area contributed by atoms with Gasteiger partial charge in [0.05, 0.1) is 22.9 Å². The van der Waals surface area contributed by atoms with E-state index in [4.69, 9.17) is 14.9 Å². The van der Waals surface area contributed by atoms with Gasteiger partial charge in [-0.25, -0.2) is 9.18 Å². The maximum absolute atomic E-state index is 14.3. The molecule has 0 bridgehead atoms. The van der Waals surface area contributed by atoms with Crippen LogP contribution in [-0.2, 0) is 4.74 Å². The summed E-state index contributed by atoms with van der Waals surface area (Å²) in [7, 11) is 0. The maximum atomic E-state index is 14.3. The minimum Gasteiger partial charge on any atom is -0.462 e. The molecule has 0 fully saturated rings. The minimum atomic E-state index is -0.688. The number of aromatic nitrogens is 1. The zero-order valence-corrected chi connectivity index (χ0v) is 15.1. The quantitative estimate of drug-likeness (QED) is 0.424. The molecule has 0 aliphatic heterocycles. The van der Waals surface area contributed by atoms with Crippen LogP contribution in [0.4, 0.5) is 10.2 Å². The summed E-state index contributed by atoms with van der Waals surface area (Å²) in [6.07, 6.45) is 0. The Hall–Kier alpha value is -3.40. The second kappa shape index (κ2) is 7.08. The third-order valence-electron chi connectivity index (χ3n) is 3.77. The molecule has 2 aromatic heterocycles. The Labute approximate surface area is 154 Å². The Bertz CT molecular complexity index is 1190. The van der Waals surface area contributed by atoms with Crippen molar-refractivity contribution in [3.63, 3.8) is 0 Å². The van der Waals surface area contributed by atoms with Crippen LogP contribution in [0.3, 0.4) is 0 Å². The summed E-state index contributed by atoms with van der Waals surface area (Å²) in [5, 5.41) is 0.187. The maximum Gasteiger partial charge on any atom is 0.341 e. The number of nitrogens with two attached hydrogens (primary N) is 1. The van der Waals surface area contributed by atoms with Crippen LogP contribution in [-0.4, -0.2) is 17.6 Å².